The molecule has 0 atom stereocenters. The lowest BCUT2D eigenvalue weighted by Gasteiger charge is -2.33. The molecule has 4 aromatic rings. The molecule has 6 nitrogen and oxygen atoms in total. The molecule has 0 radical (unpaired) electrons. The lowest BCUT2D eigenvalue weighted by Crippen LogP contribution is -2.47. The van der Waals surface area contributed by atoms with Gasteiger partial charge in [0.15, 0.2) is 0 Å². The number of benzene rings is 3. The van der Waals surface area contributed by atoms with Gasteiger partial charge in [0.25, 0.3) is 0 Å². The molecule has 6 heteroatoms. The Hall–Kier alpha value is -3.61. The first kappa shape index (κ1) is 22.2. The number of ether oxygens (including phenoxy) is 2. The topological polar surface area (TPSA) is 49.9 Å². The third-order valence-electron chi connectivity index (χ3n) is 6.40. The van der Waals surface area contributed by atoms with Crippen LogP contribution >= 0.6 is 0 Å². The first-order valence-corrected chi connectivity index (χ1v) is 11.6. The molecule has 1 fully saturated rings. The lowest BCUT2D eigenvalue weighted by molar-refractivity contribution is 0.179. The van der Waals surface area contributed by atoms with E-state index in [0.717, 1.165) is 76.7 Å². The fourth-order valence-electron chi connectivity index (χ4n) is 4.52. The van der Waals surface area contributed by atoms with E-state index >= 15 is 0 Å². The molecule has 1 saturated heterocycles. The van der Waals surface area contributed by atoms with Gasteiger partial charge in [-0.1, -0.05) is 48.5 Å². The number of nitrogens with one attached hydrogen (secondary N) is 1. The number of anilines is 1. The zero-order chi connectivity index (χ0) is 23.5. The Morgan fingerprint density at radius 3 is 2.29 bits per heavy atom. The van der Waals surface area contributed by atoms with Gasteiger partial charge in [-0.2, -0.15) is 0 Å². The molecule has 3 aromatic carbocycles. The minimum Gasteiger partial charge on any atom is -0.497 e. The van der Waals surface area contributed by atoms with Crippen LogP contribution in [0.15, 0.2) is 72.8 Å². The Bertz CT molecular complexity index is 1300. The van der Waals surface area contributed by atoms with Gasteiger partial charge in [-0.3, -0.25) is 0 Å². The van der Waals surface area contributed by atoms with Gasteiger partial charge in [-0.25, -0.2) is 9.99 Å². The number of likely N-dealkylation sites (N-methyl/N-ethyl adjacent to an activating group) is 1. The average molecular weight is 455 g/mol. The van der Waals surface area contributed by atoms with Crippen molar-refractivity contribution in [2.24, 2.45) is 0 Å². The summed E-state index contributed by atoms with van der Waals surface area (Å²) in [5.74, 6) is 2.46. The van der Waals surface area contributed by atoms with Crippen molar-refractivity contribution in [3.63, 3.8) is 0 Å². The van der Waals surface area contributed by atoms with E-state index in [-0.39, 0.29) is 0 Å². The Morgan fingerprint density at radius 1 is 0.794 bits per heavy atom. The molecule has 1 aromatic heterocycles. The SMILES string of the molecule is COc1cccc(-c2c(-c3ccccc3OC)nc(NN3CCN(C)CC3)c3ccccc23)c1. The van der Waals surface area contributed by atoms with Crippen LogP contribution < -0.4 is 14.9 Å². The number of rotatable bonds is 6. The molecule has 0 bridgehead atoms. The van der Waals surface area contributed by atoms with Gasteiger partial charge in [0, 0.05) is 42.7 Å². The van der Waals surface area contributed by atoms with Crippen LogP contribution in [0.1, 0.15) is 0 Å². The standard InChI is InChI=1S/C28H30N4O2/c1-31-15-17-32(18-16-31)30-28-23-12-5-4-11-22(23)26(20-9-8-10-21(19-20)33-2)27(29-28)24-13-6-7-14-25(24)34-3/h4-14,19H,15-18H2,1-3H3,(H,29,30). The van der Waals surface area contributed by atoms with Crippen LogP contribution in [-0.2, 0) is 0 Å². The molecule has 1 N–H and O–H groups in total. The smallest absolute Gasteiger partial charge is 0.149 e. The summed E-state index contributed by atoms with van der Waals surface area (Å²) >= 11 is 0. The van der Waals surface area contributed by atoms with Crippen LogP contribution in [0.4, 0.5) is 5.82 Å². The predicted molar refractivity (Wildman–Crippen MR) is 138 cm³/mol. The zero-order valence-electron chi connectivity index (χ0n) is 19.9. The van der Waals surface area contributed by atoms with E-state index in [4.69, 9.17) is 14.5 Å². The van der Waals surface area contributed by atoms with Crippen LogP contribution in [0.5, 0.6) is 11.5 Å². The summed E-state index contributed by atoms with van der Waals surface area (Å²) < 4.78 is 11.3. The van der Waals surface area contributed by atoms with Crippen molar-refractivity contribution in [1.82, 2.24) is 14.9 Å². The van der Waals surface area contributed by atoms with Crippen molar-refractivity contribution in [2.45, 2.75) is 0 Å². The summed E-state index contributed by atoms with van der Waals surface area (Å²) in [6.45, 7) is 3.92. The van der Waals surface area contributed by atoms with Crippen LogP contribution in [0.2, 0.25) is 0 Å². The Morgan fingerprint density at radius 2 is 1.53 bits per heavy atom. The predicted octanol–water partition coefficient (Wildman–Crippen LogP) is 5.16. The molecule has 5 rings (SSSR count). The number of aromatic nitrogens is 1. The zero-order valence-corrected chi connectivity index (χ0v) is 19.9. The maximum atomic E-state index is 5.75. The van der Waals surface area contributed by atoms with Gasteiger partial charge in [0.1, 0.15) is 17.3 Å². The molecule has 0 aliphatic carbocycles. The van der Waals surface area contributed by atoms with E-state index < -0.39 is 0 Å². The first-order chi connectivity index (χ1) is 16.7. The van der Waals surface area contributed by atoms with Crippen molar-refractivity contribution in [3.05, 3.63) is 72.8 Å². The number of pyridine rings is 1. The molecule has 174 valence electrons. The summed E-state index contributed by atoms with van der Waals surface area (Å²) in [4.78, 5) is 7.58. The second kappa shape index (κ2) is 9.71. The maximum Gasteiger partial charge on any atom is 0.149 e. The molecule has 1 aliphatic heterocycles. The quantitative estimate of drug-likeness (QED) is 0.434. The summed E-state index contributed by atoms with van der Waals surface area (Å²) in [5, 5.41) is 4.47. The lowest BCUT2D eigenvalue weighted by atomic mass is 9.93. The third-order valence-corrected chi connectivity index (χ3v) is 6.40. The van der Waals surface area contributed by atoms with E-state index in [1.165, 1.54) is 0 Å². The Labute approximate surface area is 200 Å². The molecule has 34 heavy (non-hydrogen) atoms. The summed E-state index contributed by atoms with van der Waals surface area (Å²) in [6, 6.07) is 24.7. The highest BCUT2D eigenvalue weighted by Gasteiger charge is 2.21. The van der Waals surface area contributed by atoms with Gasteiger partial charge in [-0.05, 0) is 42.3 Å². The van der Waals surface area contributed by atoms with Gasteiger partial charge < -0.3 is 19.8 Å². The van der Waals surface area contributed by atoms with Crippen molar-refractivity contribution >= 4 is 16.6 Å². The van der Waals surface area contributed by atoms with Crippen molar-refractivity contribution in [3.8, 4) is 33.9 Å². The molecule has 1 aliphatic rings. The minimum absolute atomic E-state index is 0.792. The largest absolute Gasteiger partial charge is 0.497 e. The van der Waals surface area contributed by atoms with E-state index in [1.54, 1.807) is 14.2 Å². The number of para-hydroxylation sites is 1. The van der Waals surface area contributed by atoms with Crippen LogP contribution in [0.3, 0.4) is 0 Å². The fraction of sp³-hybridized carbons (Fsp3) is 0.250. The van der Waals surface area contributed by atoms with Crippen LogP contribution in [-0.4, -0.2) is 62.3 Å². The number of methoxy groups -OCH3 is 2. The number of hydrazine groups is 1. The summed E-state index contributed by atoms with van der Waals surface area (Å²) in [5.41, 5.74) is 7.56. The van der Waals surface area contributed by atoms with Crippen molar-refractivity contribution in [2.75, 3.05) is 52.9 Å². The van der Waals surface area contributed by atoms with Gasteiger partial charge >= 0.3 is 0 Å². The molecule has 2 heterocycles. The highest BCUT2D eigenvalue weighted by atomic mass is 16.5. The molecule has 0 spiro atoms. The molecule has 0 amide bonds. The summed E-state index contributed by atoms with van der Waals surface area (Å²) in [7, 11) is 5.56. The van der Waals surface area contributed by atoms with E-state index in [2.05, 4.69) is 64.8 Å². The van der Waals surface area contributed by atoms with E-state index in [1.807, 2.05) is 30.3 Å². The monoisotopic (exact) mass is 454 g/mol. The molecular formula is C28H30N4O2. The highest BCUT2D eigenvalue weighted by molar-refractivity contribution is 6.07. The van der Waals surface area contributed by atoms with Crippen LogP contribution in [0.25, 0.3) is 33.2 Å². The fourth-order valence-corrected chi connectivity index (χ4v) is 4.52. The van der Waals surface area contributed by atoms with Crippen molar-refractivity contribution in [1.29, 1.82) is 0 Å². The average Bonchev–Trinajstić information content (AvgIpc) is 2.89. The number of hydrogen-bond donors (Lipinski definition) is 1. The van der Waals surface area contributed by atoms with E-state index in [9.17, 15) is 0 Å². The third kappa shape index (κ3) is 4.30. The minimum atomic E-state index is 0.792. The second-order valence-electron chi connectivity index (χ2n) is 8.56. The summed E-state index contributed by atoms with van der Waals surface area (Å²) in [6.07, 6.45) is 0. The second-order valence-corrected chi connectivity index (χ2v) is 8.56. The number of piperazine rings is 1. The van der Waals surface area contributed by atoms with Crippen LogP contribution in [0, 0.1) is 0 Å². The molecule has 0 saturated carbocycles. The first-order valence-electron chi connectivity index (χ1n) is 11.6. The number of nitrogens with zero attached hydrogens (tertiary/aromatic N) is 3. The van der Waals surface area contributed by atoms with Gasteiger partial charge in [0.05, 0.1) is 19.9 Å². The molecule has 0 unspecified atom stereocenters. The number of fused-ring (bicyclic) bond motifs is 1. The van der Waals surface area contributed by atoms with Crippen molar-refractivity contribution < 1.29 is 9.47 Å². The normalized spacial score (nSPS) is 14.8. The molecular weight excluding hydrogens is 424 g/mol. The van der Waals surface area contributed by atoms with E-state index in [0.29, 0.717) is 0 Å². The Kier molecular flexibility index (Phi) is 6.34. The van der Waals surface area contributed by atoms with Gasteiger partial charge in [-0.15, -0.1) is 0 Å². The maximum absolute atomic E-state index is 5.75. The highest BCUT2D eigenvalue weighted by Crippen LogP contribution is 2.43. The Balaban J connectivity index is 1.75. The number of hydrogen-bond acceptors (Lipinski definition) is 6. The van der Waals surface area contributed by atoms with Gasteiger partial charge in [0.2, 0.25) is 0 Å².